The third-order valence-electron chi connectivity index (χ3n) is 6.85. The quantitative estimate of drug-likeness (QED) is 0.244. The number of alkyl halides is 3. The number of likely N-dealkylation sites (tertiary alicyclic amines) is 1. The molecular weight excluding hydrogens is 547 g/mol. The Kier molecular flexibility index (Phi) is 8.74. The average Bonchev–Trinajstić information content (AvgIpc) is 3.23. The molecule has 3 aromatic rings. The normalized spacial score (nSPS) is 15.3. The monoisotopic (exact) mass is 577 g/mol. The van der Waals surface area contributed by atoms with E-state index < -0.39 is 23.8 Å². The minimum Gasteiger partial charge on any atom is -0.397 e. The largest absolute Gasteiger partial charge is 0.416 e. The highest BCUT2D eigenvalue weighted by Crippen LogP contribution is 2.33. The van der Waals surface area contributed by atoms with E-state index in [1.54, 1.807) is 17.9 Å². The van der Waals surface area contributed by atoms with Gasteiger partial charge in [-0.3, -0.25) is 19.4 Å². The molecule has 4 rings (SSSR count). The second-order valence-electron chi connectivity index (χ2n) is 9.80. The molecule has 1 saturated heterocycles. The molecule has 0 radical (unpaired) electrons. The number of hydrazine groups is 1. The molecule has 214 valence electrons. The summed E-state index contributed by atoms with van der Waals surface area (Å²) in [6.45, 7) is 3.25. The molecule has 0 atom stereocenters. The summed E-state index contributed by atoms with van der Waals surface area (Å²) in [6, 6.07) is 7.82. The minimum atomic E-state index is -4.60. The van der Waals surface area contributed by atoms with Crippen LogP contribution in [0.5, 0.6) is 0 Å². The minimum absolute atomic E-state index is 0.00386. The molecule has 2 heterocycles. The van der Waals surface area contributed by atoms with E-state index in [4.69, 9.17) is 23.2 Å². The topological polar surface area (TPSA) is 126 Å². The van der Waals surface area contributed by atoms with Crippen LogP contribution in [-0.4, -0.2) is 44.9 Å². The van der Waals surface area contributed by atoms with Gasteiger partial charge in [-0.2, -0.15) is 18.3 Å². The summed E-state index contributed by atoms with van der Waals surface area (Å²) in [6.07, 6.45) is -0.845. The number of carbonyl (C=O) groups is 1. The molecule has 6 N–H and O–H groups in total. The van der Waals surface area contributed by atoms with Crippen molar-refractivity contribution in [3.05, 3.63) is 81.8 Å². The first kappa shape index (κ1) is 29.4. The van der Waals surface area contributed by atoms with Gasteiger partial charge in [-0.25, -0.2) is 5.84 Å². The molecule has 2 aromatic carbocycles. The summed E-state index contributed by atoms with van der Waals surface area (Å²) in [4.78, 5) is 15.1. The van der Waals surface area contributed by atoms with E-state index in [2.05, 4.69) is 10.4 Å². The van der Waals surface area contributed by atoms with Crippen LogP contribution in [0, 0.1) is 6.92 Å². The maximum atomic E-state index is 13.7. The Labute approximate surface area is 234 Å². The summed E-state index contributed by atoms with van der Waals surface area (Å²) < 4.78 is 42.6. The third-order valence-corrected chi connectivity index (χ3v) is 7.17. The van der Waals surface area contributed by atoms with Crippen molar-refractivity contribution in [3.8, 4) is 0 Å². The second kappa shape index (κ2) is 11.9. The van der Waals surface area contributed by atoms with Gasteiger partial charge in [-0.05, 0) is 61.7 Å². The molecule has 0 saturated carbocycles. The molecular formula is C27H31ClF3N7O2. The maximum absolute atomic E-state index is 13.7. The number of rotatable bonds is 7. The predicted octanol–water partition coefficient (Wildman–Crippen LogP) is 4.25. The van der Waals surface area contributed by atoms with Gasteiger partial charge < -0.3 is 16.2 Å². The lowest BCUT2D eigenvalue weighted by Crippen LogP contribution is -2.35. The Morgan fingerprint density at radius 1 is 1.25 bits per heavy atom. The number of aliphatic hydroxyl groups is 1. The molecule has 1 aliphatic rings. The van der Waals surface area contributed by atoms with Gasteiger partial charge in [0.1, 0.15) is 0 Å². The zero-order valence-corrected chi connectivity index (χ0v) is 22.8. The number of carbonyl (C=O) groups excluding carboxylic acids is 1. The van der Waals surface area contributed by atoms with Crippen LogP contribution in [0.1, 0.15) is 45.6 Å². The van der Waals surface area contributed by atoms with E-state index in [-0.39, 0.29) is 28.5 Å². The summed E-state index contributed by atoms with van der Waals surface area (Å²) >= 11 is 6.33. The van der Waals surface area contributed by atoms with Gasteiger partial charge in [0.05, 0.1) is 34.3 Å². The number of nitrogens with one attached hydrogen (secondary N) is 1. The molecule has 0 unspecified atom stereocenters. The van der Waals surface area contributed by atoms with Gasteiger partial charge in [-0.15, -0.1) is 0 Å². The first-order valence-electron chi connectivity index (χ1n) is 12.5. The predicted molar refractivity (Wildman–Crippen MR) is 148 cm³/mol. The summed E-state index contributed by atoms with van der Waals surface area (Å²) in [5.74, 6) is 5.54. The van der Waals surface area contributed by atoms with Crippen molar-refractivity contribution in [3.63, 3.8) is 0 Å². The number of aliphatic hydroxyl groups excluding tert-OH is 1. The van der Waals surface area contributed by atoms with Crippen molar-refractivity contribution in [2.24, 2.45) is 18.6 Å². The van der Waals surface area contributed by atoms with E-state index in [9.17, 15) is 23.1 Å². The van der Waals surface area contributed by atoms with E-state index in [1.165, 1.54) is 35.5 Å². The van der Waals surface area contributed by atoms with Gasteiger partial charge in [0, 0.05) is 55.4 Å². The Morgan fingerprint density at radius 2 is 1.95 bits per heavy atom. The highest BCUT2D eigenvalue weighted by molar-refractivity contribution is 6.33. The van der Waals surface area contributed by atoms with Gasteiger partial charge in [0.2, 0.25) is 0 Å². The van der Waals surface area contributed by atoms with E-state index in [0.717, 1.165) is 17.8 Å². The van der Waals surface area contributed by atoms with Crippen LogP contribution in [0.15, 0.2) is 48.8 Å². The fraction of sp³-hybridized carbons (Fsp3) is 0.333. The summed E-state index contributed by atoms with van der Waals surface area (Å²) in [5, 5.41) is 17.8. The standard InChI is InChI=1S/C27H31ClF3N7O2/c1-16-22(13-34-36(16)2)24(32)15-38(33)25-11-18(3-4-23(25)28)26(40)35-20-10-17(9-19(12-20)27(29,30)31)14-37-7-5-21(39)6-8-37/h3-4,9-13,15,21,39H,5-8,14,32-33H2,1-2H3,(H,35,40)/b24-15-. The number of nitrogens with two attached hydrogens (primary N) is 2. The molecule has 1 amide bonds. The third kappa shape index (κ3) is 6.94. The lowest BCUT2D eigenvalue weighted by Gasteiger charge is -2.29. The lowest BCUT2D eigenvalue weighted by atomic mass is 10.0. The maximum Gasteiger partial charge on any atom is 0.416 e. The van der Waals surface area contributed by atoms with Crippen molar-refractivity contribution < 1.29 is 23.1 Å². The zero-order valence-electron chi connectivity index (χ0n) is 22.0. The van der Waals surface area contributed by atoms with Crippen LogP contribution in [-0.2, 0) is 19.8 Å². The van der Waals surface area contributed by atoms with E-state index in [0.29, 0.717) is 42.8 Å². The fourth-order valence-electron chi connectivity index (χ4n) is 4.48. The first-order chi connectivity index (χ1) is 18.8. The molecule has 13 heteroatoms. The number of benzene rings is 2. The number of amides is 1. The van der Waals surface area contributed by atoms with Crippen LogP contribution in [0.3, 0.4) is 0 Å². The molecule has 0 spiro atoms. The Balaban J connectivity index is 1.56. The first-order valence-corrected chi connectivity index (χ1v) is 12.9. The molecule has 9 nitrogen and oxygen atoms in total. The smallest absolute Gasteiger partial charge is 0.397 e. The molecule has 1 aromatic heterocycles. The van der Waals surface area contributed by atoms with Crippen molar-refractivity contribution in [1.29, 1.82) is 0 Å². The SMILES string of the molecule is Cc1c(/C(N)=C/N(N)c2cc(C(=O)Nc3cc(CN4CCC(O)CC4)cc(C(F)(F)F)c3)ccc2Cl)cnn1C. The van der Waals surface area contributed by atoms with Crippen LogP contribution < -0.4 is 21.9 Å². The van der Waals surface area contributed by atoms with Gasteiger partial charge in [0.15, 0.2) is 0 Å². The zero-order chi connectivity index (χ0) is 29.2. The molecule has 0 aliphatic carbocycles. The van der Waals surface area contributed by atoms with Crippen molar-refractivity contribution in [2.45, 2.75) is 38.6 Å². The van der Waals surface area contributed by atoms with Crippen molar-refractivity contribution in [1.82, 2.24) is 14.7 Å². The lowest BCUT2D eigenvalue weighted by molar-refractivity contribution is -0.137. The highest BCUT2D eigenvalue weighted by atomic mass is 35.5. The van der Waals surface area contributed by atoms with Crippen molar-refractivity contribution in [2.75, 3.05) is 23.4 Å². The number of halogens is 4. The fourth-order valence-corrected chi connectivity index (χ4v) is 4.70. The second-order valence-corrected chi connectivity index (χ2v) is 10.2. The van der Waals surface area contributed by atoms with Crippen LogP contribution in [0.4, 0.5) is 24.5 Å². The van der Waals surface area contributed by atoms with E-state index in [1.807, 2.05) is 11.8 Å². The number of aryl methyl sites for hydroxylation is 1. The van der Waals surface area contributed by atoms with E-state index >= 15 is 0 Å². The Bertz CT molecular complexity index is 1420. The number of anilines is 2. The molecule has 40 heavy (non-hydrogen) atoms. The summed E-state index contributed by atoms with van der Waals surface area (Å²) in [5.41, 5.74) is 7.92. The summed E-state index contributed by atoms with van der Waals surface area (Å²) in [7, 11) is 1.78. The number of piperidine rings is 1. The van der Waals surface area contributed by atoms with Crippen LogP contribution >= 0.6 is 11.6 Å². The van der Waals surface area contributed by atoms with Crippen LogP contribution in [0.2, 0.25) is 5.02 Å². The average molecular weight is 578 g/mol. The van der Waals surface area contributed by atoms with Crippen molar-refractivity contribution >= 4 is 34.6 Å². The highest BCUT2D eigenvalue weighted by Gasteiger charge is 2.32. The number of hydrogen-bond donors (Lipinski definition) is 4. The van der Waals surface area contributed by atoms with Gasteiger partial charge >= 0.3 is 6.18 Å². The Hall–Kier alpha value is -3.58. The Morgan fingerprint density at radius 3 is 2.58 bits per heavy atom. The molecule has 1 fully saturated rings. The molecule has 1 aliphatic heterocycles. The number of aromatic nitrogens is 2. The van der Waals surface area contributed by atoms with Gasteiger partial charge in [0.25, 0.3) is 5.91 Å². The molecule has 0 bridgehead atoms. The van der Waals surface area contributed by atoms with Crippen LogP contribution in [0.25, 0.3) is 5.70 Å². The number of hydrogen-bond acceptors (Lipinski definition) is 7. The van der Waals surface area contributed by atoms with Gasteiger partial charge in [-0.1, -0.05) is 11.6 Å². The number of nitrogens with zero attached hydrogens (tertiary/aromatic N) is 4.